The molecular weight excluding hydrogens is 272 g/mol. The fraction of sp³-hybridized carbons (Fsp3) is 0.467. The van der Waals surface area contributed by atoms with Gasteiger partial charge in [-0.25, -0.2) is 9.59 Å². The minimum atomic E-state index is -1.10. The number of anilines is 1. The molecule has 0 aliphatic rings. The second-order valence-electron chi connectivity index (χ2n) is 4.71. The molecule has 0 saturated heterocycles. The molecule has 6 heteroatoms. The monoisotopic (exact) mass is 294 g/mol. The number of rotatable bonds is 7. The fourth-order valence-corrected chi connectivity index (χ4v) is 2.01. The molecule has 1 atom stereocenters. The van der Waals surface area contributed by atoms with E-state index in [2.05, 4.69) is 10.6 Å². The van der Waals surface area contributed by atoms with Crippen LogP contribution < -0.4 is 15.4 Å². The van der Waals surface area contributed by atoms with Gasteiger partial charge in [-0.15, -0.1) is 0 Å². The Balaban J connectivity index is 2.85. The number of carboxylic acid groups (broad SMARTS) is 1. The Hall–Kier alpha value is -2.24. The lowest BCUT2D eigenvalue weighted by molar-refractivity contribution is 0.0698. The van der Waals surface area contributed by atoms with Crippen molar-refractivity contribution in [2.75, 3.05) is 12.4 Å². The van der Waals surface area contributed by atoms with Gasteiger partial charge in [-0.3, -0.25) is 0 Å². The summed E-state index contributed by atoms with van der Waals surface area (Å²) in [6, 6.07) is 4.10. The van der Waals surface area contributed by atoms with Gasteiger partial charge in [0.2, 0.25) is 0 Å². The van der Waals surface area contributed by atoms with Gasteiger partial charge < -0.3 is 20.5 Å². The van der Waals surface area contributed by atoms with E-state index in [1.807, 2.05) is 13.8 Å². The molecule has 0 fully saturated rings. The number of amides is 2. The number of benzene rings is 1. The van der Waals surface area contributed by atoms with E-state index in [0.717, 1.165) is 19.3 Å². The van der Waals surface area contributed by atoms with E-state index < -0.39 is 12.0 Å². The van der Waals surface area contributed by atoms with E-state index in [1.54, 1.807) is 6.07 Å². The first-order valence-electron chi connectivity index (χ1n) is 7.00. The van der Waals surface area contributed by atoms with Crippen molar-refractivity contribution in [1.29, 1.82) is 0 Å². The number of methoxy groups -OCH3 is 1. The van der Waals surface area contributed by atoms with Crippen LogP contribution in [0.5, 0.6) is 5.75 Å². The van der Waals surface area contributed by atoms with Gasteiger partial charge in [-0.2, -0.15) is 0 Å². The number of aromatic carboxylic acids is 1. The van der Waals surface area contributed by atoms with Crippen molar-refractivity contribution in [3.8, 4) is 5.75 Å². The lowest BCUT2D eigenvalue weighted by Crippen LogP contribution is -2.37. The van der Waals surface area contributed by atoms with Crippen LogP contribution >= 0.6 is 0 Å². The maximum atomic E-state index is 12.0. The summed E-state index contributed by atoms with van der Waals surface area (Å²) in [5, 5.41) is 14.6. The molecule has 1 aromatic carbocycles. The molecule has 0 aromatic heterocycles. The second-order valence-corrected chi connectivity index (χ2v) is 4.71. The summed E-state index contributed by atoms with van der Waals surface area (Å²) in [6.07, 6.45) is 2.68. The molecule has 1 rings (SSSR count). The molecule has 0 aliphatic heterocycles. The van der Waals surface area contributed by atoms with Crippen LogP contribution in [0.1, 0.15) is 43.5 Å². The zero-order chi connectivity index (χ0) is 15.8. The molecule has 1 unspecified atom stereocenters. The van der Waals surface area contributed by atoms with Crippen LogP contribution in [0.2, 0.25) is 0 Å². The van der Waals surface area contributed by atoms with Crippen molar-refractivity contribution in [2.45, 2.75) is 39.2 Å². The van der Waals surface area contributed by atoms with E-state index in [-0.39, 0.29) is 17.3 Å². The summed E-state index contributed by atoms with van der Waals surface area (Å²) in [5.41, 5.74) is 0.236. The SMILES string of the molecule is CCCC(CC)NC(=O)Nc1cc(OC)ccc1C(=O)O. The average molecular weight is 294 g/mol. The van der Waals surface area contributed by atoms with Gasteiger partial charge >= 0.3 is 12.0 Å². The molecule has 2 amide bonds. The summed E-state index contributed by atoms with van der Waals surface area (Å²) in [7, 11) is 1.48. The van der Waals surface area contributed by atoms with Gasteiger partial charge in [0.05, 0.1) is 18.4 Å². The number of carbonyl (C=O) groups excluding carboxylic acids is 1. The molecule has 1 aromatic rings. The van der Waals surface area contributed by atoms with Crippen molar-refractivity contribution in [1.82, 2.24) is 5.32 Å². The first kappa shape index (κ1) is 16.8. The Morgan fingerprint density at radius 3 is 2.57 bits per heavy atom. The van der Waals surface area contributed by atoms with Gasteiger partial charge in [-0.1, -0.05) is 20.3 Å². The summed E-state index contributed by atoms with van der Waals surface area (Å²) in [6.45, 7) is 4.04. The highest BCUT2D eigenvalue weighted by Crippen LogP contribution is 2.22. The molecule has 3 N–H and O–H groups in total. The molecule has 0 saturated carbocycles. The maximum absolute atomic E-state index is 12.0. The summed E-state index contributed by atoms with van der Waals surface area (Å²) in [4.78, 5) is 23.1. The third-order valence-electron chi connectivity index (χ3n) is 3.17. The maximum Gasteiger partial charge on any atom is 0.337 e. The van der Waals surface area contributed by atoms with Crippen LogP contribution in [0.4, 0.5) is 10.5 Å². The highest BCUT2D eigenvalue weighted by molar-refractivity contribution is 6.00. The van der Waals surface area contributed by atoms with E-state index in [0.29, 0.717) is 5.75 Å². The highest BCUT2D eigenvalue weighted by atomic mass is 16.5. The van der Waals surface area contributed by atoms with Crippen LogP contribution in [0.25, 0.3) is 0 Å². The van der Waals surface area contributed by atoms with Gasteiger partial charge in [-0.05, 0) is 25.0 Å². The van der Waals surface area contributed by atoms with Gasteiger partial charge in [0.25, 0.3) is 0 Å². The van der Waals surface area contributed by atoms with E-state index >= 15 is 0 Å². The molecule has 0 heterocycles. The van der Waals surface area contributed by atoms with Crippen molar-refractivity contribution >= 4 is 17.7 Å². The van der Waals surface area contributed by atoms with Gasteiger partial charge in [0.15, 0.2) is 0 Å². The zero-order valence-corrected chi connectivity index (χ0v) is 12.6. The van der Waals surface area contributed by atoms with Gasteiger partial charge in [0, 0.05) is 12.1 Å². The molecule has 0 spiro atoms. The highest BCUT2D eigenvalue weighted by Gasteiger charge is 2.15. The number of carbonyl (C=O) groups is 2. The molecule has 116 valence electrons. The normalized spacial score (nSPS) is 11.6. The summed E-state index contributed by atoms with van der Waals surface area (Å²) >= 11 is 0. The van der Waals surface area contributed by atoms with E-state index in [1.165, 1.54) is 19.2 Å². The quantitative estimate of drug-likeness (QED) is 0.721. The molecule has 0 radical (unpaired) electrons. The average Bonchev–Trinajstić information content (AvgIpc) is 2.46. The first-order chi connectivity index (χ1) is 10.0. The smallest absolute Gasteiger partial charge is 0.337 e. The lowest BCUT2D eigenvalue weighted by Gasteiger charge is -2.17. The third-order valence-corrected chi connectivity index (χ3v) is 3.17. The predicted octanol–water partition coefficient (Wildman–Crippen LogP) is 3.09. The number of hydrogen-bond acceptors (Lipinski definition) is 3. The fourth-order valence-electron chi connectivity index (χ4n) is 2.01. The molecule has 6 nitrogen and oxygen atoms in total. The summed E-state index contributed by atoms with van der Waals surface area (Å²) in [5.74, 6) is -0.621. The van der Waals surface area contributed by atoms with E-state index in [9.17, 15) is 9.59 Å². The number of nitrogens with one attached hydrogen (secondary N) is 2. The van der Waals surface area contributed by atoms with Crippen molar-refractivity contribution in [2.24, 2.45) is 0 Å². The Labute approximate surface area is 124 Å². The second kappa shape index (κ2) is 8.14. The number of urea groups is 1. The van der Waals surface area contributed by atoms with Crippen LogP contribution in [0.15, 0.2) is 18.2 Å². The van der Waals surface area contributed by atoms with Crippen molar-refractivity contribution in [3.63, 3.8) is 0 Å². The zero-order valence-electron chi connectivity index (χ0n) is 12.6. The van der Waals surface area contributed by atoms with Crippen LogP contribution in [-0.2, 0) is 0 Å². The third kappa shape index (κ3) is 4.98. The van der Waals surface area contributed by atoms with Crippen molar-refractivity contribution in [3.05, 3.63) is 23.8 Å². The molecule has 0 aliphatic carbocycles. The standard InChI is InChI=1S/C15H22N2O4/c1-4-6-10(5-2)16-15(20)17-13-9-11(21-3)7-8-12(13)14(18)19/h7-10H,4-6H2,1-3H3,(H,18,19)(H2,16,17,20). The van der Waals surface area contributed by atoms with Crippen LogP contribution in [-0.4, -0.2) is 30.3 Å². The largest absolute Gasteiger partial charge is 0.497 e. The number of carboxylic acids is 1. The Morgan fingerprint density at radius 2 is 2.05 bits per heavy atom. The minimum absolute atomic E-state index is 0.0227. The molecular formula is C15H22N2O4. The topological polar surface area (TPSA) is 87.7 Å². The molecule has 0 bridgehead atoms. The van der Waals surface area contributed by atoms with E-state index in [4.69, 9.17) is 9.84 Å². The number of hydrogen-bond donors (Lipinski definition) is 3. The van der Waals surface area contributed by atoms with Crippen molar-refractivity contribution < 1.29 is 19.4 Å². The lowest BCUT2D eigenvalue weighted by atomic mass is 10.1. The van der Waals surface area contributed by atoms with Gasteiger partial charge in [0.1, 0.15) is 5.75 Å². The number of ether oxygens (including phenoxy) is 1. The van der Waals surface area contributed by atoms with Crippen LogP contribution in [0.3, 0.4) is 0 Å². The molecule has 21 heavy (non-hydrogen) atoms. The predicted molar refractivity (Wildman–Crippen MR) is 81.1 cm³/mol. The first-order valence-corrected chi connectivity index (χ1v) is 7.00. The van der Waals surface area contributed by atoms with Crippen LogP contribution in [0, 0.1) is 0 Å². The summed E-state index contributed by atoms with van der Waals surface area (Å²) < 4.78 is 5.05. The Morgan fingerprint density at radius 1 is 1.33 bits per heavy atom. The minimum Gasteiger partial charge on any atom is -0.497 e. The Bertz CT molecular complexity index is 502. The Kier molecular flexibility index (Phi) is 6.52.